The topological polar surface area (TPSA) is 93.6 Å². The minimum atomic E-state index is -3.50. The van der Waals surface area contributed by atoms with E-state index >= 15 is 0 Å². The number of ether oxygens (including phenoxy) is 1. The Kier molecular flexibility index (Phi) is 6.01. The Morgan fingerprint density at radius 1 is 1.14 bits per heavy atom. The molecule has 1 N–H and O–H groups in total. The average molecular weight is 492 g/mol. The third-order valence-electron chi connectivity index (χ3n) is 7.53. The predicted molar refractivity (Wildman–Crippen MR) is 134 cm³/mol. The number of nitrogens with zero attached hydrogens (tertiary/aromatic N) is 1. The van der Waals surface area contributed by atoms with E-state index in [1.807, 2.05) is 55.5 Å². The van der Waals surface area contributed by atoms with Crippen molar-refractivity contribution >= 4 is 15.6 Å². The number of sulfone groups is 1. The third kappa shape index (κ3) is 4.39. The molecule has 6 nitrogen and oxygen atoms in total. The van der Waals surface area contributed by atoms with E-state index in [1.165, 1.54) is 0 Å². The Balaban J connectivity index is 1.41. The van der Waals surface area contributed by atoms with Crippen LogP contribution < -0.4 is 4.74 Å². The number of benzene rings is 2. The Morgan fingerprint density at radius 3 is 2.60 bits per heavy atom. The van der Waals surface area contributed by atoms with E-state index in [0.717, 1.165) is 11.3 Å². The van der Waals surface area contributed by atoms with Crippen molar-refractivity contribution in [3.63, 3.8) is 0 Å². The Labute approximate surface area is 205 Å². The zero-order valence-corrected chi connectivity index (χ0v) is 20.7. The summed E-state index contributed by atoms with van der Waals surface area (Å²) in [7, 11) is -3.50. The van der Waals surface area contributed by atoms with E-state index < -0.39 is 32.2 Å². The monoisotopic (exact) mass is 491 g/mol. The number of aliphatic hydroxyl groups is 1. The van der Waals surface area contributed by atoms with Gasteiger partial charge in [0.05, 0.1) is 17.5 Å². The molecular formula is C28H29NO5S. The van der Waals surface area contributed by atoms with Crippen LogP contribution in [0, 0.1) is 5.92 Å². The van der Waals surface area contributed by atoms with Crippen LogP contribution in [0.4, 0.5) is 0 Å². The molecule has 35 heavy (non-hydrogen) atoms. The van der Waals surface area contributed by atoms with Crippen molar-refractivity contribution in [3.05, 3.63) is 83.7 Å². The summed E-state index contributed by atoms with van der Waals surface area (Å²) in [5.41, 5.74) is 3.37. The lowest BCUT2D eigenvalue weighted by atomic mass is 9.81. The second-order valence-corrected chi connectivity index (χ2v) is 12.4. The highest BCUT2D eigenvalue weighted by Crippen LogP contribution is 2.45. The number of carbonyl (C=O) groups is 1. The average Bonchev–Trinajstić information content (AvgIpc) is 3.63. The van der Waals surface area contributed by atoms with Crippen molar-refractivity contribution in [2.24, 2.45) is 5.92 Å². The maximum Gasteiger partial charge on any atom is 0.178 e. The number of ketones is 1. The van der Waals surface area contributed by atoms with Gasteiger partial charge in [0.1, 0.15) is 11.5 Å². The number of aromatic nitrogens is 1. The van der Waals surface area contributed by atoms with Crippen molar-refractivity contribution in [2.45, 2.75) is 43.5 Å². The summed E-state index contributed by atoms with van der Waals surface area (Å²) in [6.07, 6.45) is 2.24. The normalized spacial score (nSPS) is 21.5. The molecule has 182 valence electrons. The molecule has 0 radical (unpaired) electrons. The van der Waals surface area contributed by atoms with E-state index in [2.05, 4.69) is 4.98 Å². The summed E-state index contributed by atoms with van der Waals surface area (Å²) in [6, 6.07) is 18.3. The van der Waals surface area contributed by atoms with Crippen molar-refractivity contribution < 1.29 is 23.1 Å². The molecule has 1 fully saturated rings. The summed E-state index contributed by atoms with van der Waals surface area (Å²) in [5.74, 6) is -0.469. The smallest absolute Gasteiger partial charge is 0.178 e. The van der Waals surface area contributed by atoms with Crippen molar-refractivity contribution in [1.29, 1.82) is 0 Å². The van der Waals surface area contributed by atoms with Gasteiger partial charge in [-0.3, -0.25) is 9.78 Å². The van der Waals surface area contributed by atoms with Gasteiger partial charge in [-0.15, -0.1) is 0 Å². The van der Waals surface area contributed by atoms with Gasteiger partial charge in [-0.05, 0) is 49.1 Å². The Hall–Kier alpha value is -3.03. The molecule has 1 saturated carbocycles. The van der Waals surface area contributed by atoms with E-state index in [4.69, 9.17) is 4.74 Å². The molecule has 1 aromatic heterocycles. The van der Waals surface area contributed by atoms with Crippen molar-refractivity contribution in [3.8, 4) is 16.9 Å². The fourth-order valence-corrected chi connectivity index (χ4v) is 6.32. The molecule has 1 unspecified atom stereocenters. The zero-order chi connectivity index (χ0) is 24.8. The third-order valence-corrected chi connectivity index (χ3v) is 10.1. The molecule has 1 aliphatic heterocycles. The molecule has 2 heterocycles. The number of hydrogen-bond donors (Lipinski definition) is 1. The summed E-state index contributed by atoms with van der Waals surface area (Å²) in [4.78, 5) is 17.5. The second kappa shape index (κ2) is 8.88. The fourth-order valence-electron chi connectivity index (χ4n) is 4.75. The quantitative estimate of drug-likeness (QED) is 0.480. The van der Waals surface area contributed by atoms with Crippen LogP contribution >= 0.6 is 0 Å². The first kappa shape index (κ1) is 23.7. The number of carbonyl (C=O) groups excluding carboxylic acids is 1. The van der Waals surface area contributed by atoms with Crippen LogP contribution in [0.2, 0.25) is 0 Å². The van der Waals surface area contributed by atoms with Crippen molar-refractivity contribution in [2.75, 3.05) is 12.4 Å². The zero-order valence-electron chi connectivity index (χ0n) is 19.8. The number of hydrogen-bond acceptors (Lipinski definition) is 6. The van der Waals surface area contributed by atoms with Crippen LogP contribution in [0.3, 0.4) is 0 Å². The molecule has 2 aliphatic rings. The second-order valence-electron chi connectivity index (χ2n) is 9.89. The molecule has 5 rings (SSSR count). The molecule has 0 spiro atoms. The molecule has 1 aliphatic carbocycles. The van der Waals surface area contributed by atoms with Crippen LogP contribution in [-0.4, -0.2) is 41.4 Å². The van der Waals surface area contributed by atoms with E-state index in [-0.39, 0.29) is 11.8 Å². The van der Waals surface area contributed by atoms with E-state index in [9.17, 15) is 18.3 Å². The van der Waals surface area contributed by atoms with Gasteiger partial charge < -0.3 is 9.84 Å². The maximum absolute atomic E-state index is 13.1. The lowest BCUT2D eigenvalue weighted by molar-refractivity contribution is 0.0379. The summed E-state index contributed by atoms with van der Waals surface area (Å²) in [6.45, 7) is 4.08. The highest BCUT2D eigenvalue weighted by Gasteiger charge is 2.50. The lowest BCUT2D eigenvalue weighted by Crippen LogP contribution is -2.30. The van der Waals surface area contributed by atoms with Gasteiger partial charge >= 0.3 is 0 Å². The van der Waals surface area contributed by atoms with E-state index in [1.54, 1.807) is 25.3 Å². The van der Waals surface area contributed by atoms with Crippen LogP contribution in [-0.2, 0) is 9.84 Å². The molecule has 0 saturated heterocycles. The minimum Gasteiger partial charge on any atom is -0.493 e. The molecule has 7 heteroatoms. The van der Waals surface area contributed by atoms with Gasteiger partial charge in [0.2, 0.25) is 0 Å². The number of pyridine rings is 1. The molecule has 2 aromatic carbocycles. The number of rotatable bonds is 7. The van der Waals surface area contributed by atoms with Gasteiger partial charge in [-0.1, -0.05) is 49.4 Å². The highest BCUT2D eigenvalue weighted by atomic mass is 32.2. The lowest BCUT2D eigenvalue weighted by Gasteiger charge is -2.34. The predicted octanol–water partition coefficient (Wildman–Crippen LogP) is 4.74. The van der Waals surface area contributed by atoms with Crippen LogP contribution in [0.5, 0.6) is 5.75 Å². The largest absolute Gasteiger partial charge is 0.493 e. The SMILES string of the molecule is C[C@@H](c1ccccn1)C1COc2cc(-c3ccccc3C(=O)CS(=O)(=O)C3(C)CC3)ccc2[C@H]1O. The van der Waals surface area contributed by atoms with Gasteiger partial charge in [0.25, 0.3) is 0 Å². The summed E-state index contributed by atoms with van der Waals surface area (Å²) >= 11 is 0. The molecule has 3 aromatic rings. The standard InChI is InChI=1S/C28H29NO5S/c1-18(24-9-5-6-14-29-24)23-16-34-26-15-19(10-11-22(26)27(23)31)20-7-3-4-8-21(20)25(30)17-35(32,33)28(2)12-13-28/h3-11,14-15,18,23,27,31H,12-13,16-17H2,1-2H3/t18-,23?,27-/m1/s1. The first-order valence-corrected chi connectivity index (χ1v) is 13.6. The van der Waals surface area contributed by atoms with Gasteiger partial charge in [0, 0.05) is 34.9 Å². The van der Waals surface area contributed by atoms with Crippen molar-refractivity contribution in [1.82, 2.24) is 4.98 Å². The molecule has 0 amide bonds. The van der Waals surface area contributed by atoms with Crippen LogP contribution in [0.15, 0.2) is 66.9 Å². The van der Waals surface area contributed by atoms with Gasteiger partial charge in [0.15, 0.2) is 15.6 Å². The van der Waals surface area contributed by atoms with Gasteiger partial charge in [-0.25, -0.2) is 8.42 Å². The summed E-state index contributed by atoms with van der Waals surface area (Å²) in [5, 5.41) is 11.1. The van der Waals surface area contributed by atoms with Gasteiger partial charge in [-0.2, -0.15) is 0 Å². The first-order chi connectivity index (χ1) is 16.7. The highest BCUT2D eigenvalue weighted by molar-refractivity contribution is 7.93. The summed E-state index contributed by atoms with van der Waals surface area (Å²) < 4.78 is 30.7. The number of Topliss-reactive ketones (excluding diaryl/α,β-unsaturated/α-hetero) is 1. The number of fused-ring (bicyclic) bond motifs is 1. The maximum atomic E-state index is 13.1. The minimum absolute atomic E-state index is 0.00708. The molecule has 0 bridgehead atoms. The fraction of sp³-hybridized carbons (Fsp3) is 0.357. The number of aliphatic hydroxyl groups excluding tert-OH is 1. The van der Waals surface area contributed by atoms with Crippen LogP contribution in [0.25, 0.3) is 11.1 Å². The Morgan fingerprint density at radius 2 is 1.89 bits per heavy atom. The molecular weight excluding hydrogens is 462 g/mol. The Bertz CT molecular complexity index is 1370. The van der Waals surface area contributed by atoms with E-state index in [0.29, 0.717) is 41.9 Å². The molecule has 3 atom stereocenters. The first-order valence-electron chi connectivity index (χ1n) is 11.9. The van der Waals surface area contributed by atoms with Crippen LogP contribution in [0.1, 0.15) is 60.3 Å².